The average Bonchev–Trinajstić information content (AvgIpc) is 2.83. The zero-order valence-corrected chi connectivity index (χ0v) is 16.8. The van der Waals surface area contributed by atoms with Crippen molar-refractivity contribution in [2.75, 3.05) is 13.7 Å². The van der Waals surface area contributed by atoms with Crippen LogP contribution in [0.4, 0.5) is 0 Å². The summed E-state index contributed by atoms with van der Waals surface area (Å²) < 4.78 is 22.2. The summed E-state index contributed by atoms with van der Waals surface area (Å²) in [5.74, 6) is 1.12. The fourth-order valence-corrected chi connectivity index (χ4v) is 3.13. The molecular weight excluding hydrogens is 394 g/mol. The van der Waals surface area contributed by atoms with E-state index in [1.54, 1.807) is 42.5 Å². The summed E-state index contributed by atoms with van der Waals surface area (Å²) in [6.45, 7) is 0.0571. The number of hydrogen-bond acceptors (Lipinski definition) is 6. The molecule has 1 aliphatic heterocycles. The molecule has 0 spiro atoms. The van der Waals surface area contributed by atoms with E-state index in [2.05, 4.69) is 6.07 Å². The third kappa shape index (κ3) is 4.51. The molecule has 1 unspecified atom stereocenters. The molecule has 3 aromatic carbocycles. The molecule has 31 heavy (non-hydrogen) atoms. The number of fused-ring (bicyclic) bond motifs is 1. The Kier molecular flexibility index (Phi) is 5.86. The maximum absolute atomic E-state index is 12.6. The summed E-state index contributed by atoms with van der Waals surface area (Å²) >= 11 is 0. The molecule has 0 aromatic heterocycles. The quantitative estimate of drug-likeness (QED) is 0.265. The van der Waals surface area contributed by atoms with Crippen molar-refractivity contribution in [1.82, 2.24) is 0 Å². The highest BCUT2D eigenvalue weighted by atomic mass is 16.6. The zero-order valence-electron chi connectivity index (χ0n) is 16.8. The van der Waals surface area contributed by atoms with Gasteiger partial charge in [-0.05, 0) is 41.5 Å². The van der Waals surface area contributed by atoms with E-state index in [9.17, 15) is 10.1 Å². The smallest absolute Gasteiger partial charge is 0.356 e. The monoisotopic (exact) mass is 413 g/mol. The Labute approximate surface area is 179 Å². The normalized spacial score (nSPS) is 15.0. The lowest BCUT2D eigenvalue weighted by Gasteiger charge is -2.25. The van der Waals surface area contributed by atoms with Crippen molar-refractivity contribution in [2.24, 2.45) is 0 Å². The Balaban J connectivity index is 1.52. The minimum absolute atomic E-state index is 0.0571. The number of nitriles is 1. The molecule has 4 rings (SSSR count). The molecule has 0 aliphatic carbocycles. The van der Waals surface area contributed by atoms with E-state index in [4.69, 9.17) is 18.9 Å². The van der Waals surface area contributed by atoms with Gasteiger partial charge in [0.2, 0.25) is 6.10 Å². The molecule has 6 heteroatoms. The van der Waals surface area contributed by atoms with Gasteiger partial charge in [-0.3, -0.25) is 0 Å². The number of carbonyl (C=O) groups is 1. The Morgan fingerprint density at radius 1 is 1.03 bits per heavy atom. The molecule has 0 radical (unpaired) electrons. The average molecular weight is 413 g/mol. The molecule has 0 amide bonds. The number of hydrogen-bond donors (Lipinski definition) is 0. The van der Waals surface area contributed by atoms with Crippen molar-refractivity contribution >= 4 is 17.6 Å². The van der Waals surface area contributed by atoms with Gasteiger partial charge in [0.1, 0.15) is 6.61 Å². The van der Waals surface area contributed by atoms with Gasteiger partial charge in [0, 0.05) is 0 Å². The van der Waals surface area contributed by atoms with Gasteiger partial charge in [0.15, 0.2) is 23.0 Å². The van der Waals surface area contributed by atoms with Crippen molar-refractivity contribution in [3.05, 3.63) is 83.9 Å². The molecule has 1 aliphatic rings. The summed E-state index contributed by atoms with van der Waals surface area (Å²) in [5, 5.41) is 9.51. The molecule has 0 saturated heterocycles. The van der Waals surface area contributed by atoms with Crippen LogP contribution in [0.5, 0.6) is 23.0 Å². The van der Waals surface area contributed by atoms with Crippen molar-refractivity contribution in [3.63, 3.8) is 0 Å². The van der Waals surface area contributed by atoms with E-state index in [1.165, 1.54) is 7.11 Å². The predicted molar refractivity (Wildman–Crippen MR) is 115 cm³/mol. The van der Waals surface area contributed by atoms with Crippen molar-refractivity contribution in [1.29, 1.82) is 5.26 Å². The van der Waals surface area contributed by atoms with E-state index in [0.717, 1.165) is 11.1 Å². The number of allylic oxidation sites excluding steroid dienone is 1. The van der Waals surface area contributed by atoms with Gasteiger partial charge in [0.05, 0.1) is 18.8 Å². The maximum Gasteiger partial charge on any atom is 0.356 e. The second-order valence-electron chi connectivity index (χ2n) is 6.73. The first-order chi connectivity index (χ1) is 15.2. The summed E-state index contributed by atoms with van der Waals surface area (Å²) in [6.07, 6.45) is 0.862. The van der Waals surface area contributed by atoms with E-state index >= 15 is 0 Å². The van der Waals surface area contributed by atoms with Crippen LogP contribution in [-0.4, -0.2) is 25.8 Å². The lowest BCUT2D eigenvalue weighted by molar-refractivity contribution is -0.144. The fourth-order valence-electron chi connectivity index (χ4n) is 3.13. The third-order valence-electron chi connectivity index (χ3n) is 4.69. The minimum Gasteiger partial charge on any atom is -0.493 e. The molecule has 0 bridgehead atoms. The Morgan fingerprint density at radius 2 is 1.77 bits per heavy atom. The first kappa shape index (κ1) is 20.0. The lowest BCUT2D eigenvalue weighted by atomic mass is 10.0. The lowest BCUT2D eigenvalue weighted by Crippen LogP contribution is -2.39. The van der Waals surface area contributed by atoms with Crippen LogP contribution in [0.2, 0.25) is 0 Å². The molecule has 1 atom stereocenters. The number of methoxy groups -OCH3 is 1. The highest BCUT2D eigenvalue weighted by molar-refractivity contribution is 5.90. The van der Waals surface area contributed by atoms with Crippen LogP contribution >= 0.6 is 0 Å². The topological polar surface area (TPSA) is 77.8 Å². The van der Waals surface area contributed by atoms with E-state index in [-0.39, 0.29) is 12.4 Å². The summed E-state index contributed by atoms with van der Waals surface area (Å²) in [5.41, 5.74) is 2.07. The van der Waals surface area contributed by atoms with Gasteiger partial charge in [0.25, 0.3) is 0 Å². The van der Waals surface area contributed by atoms with Crippen molar-refractivity contribution in [3.8, 4) is 29.1 Å². The molecular formula is C25H19NO5. The summed E-state index contributed by atoms with van der Waals surface area (Å²) in [7, 11) is 1.49. The van der Waals surface area contributed by atoms with Gasteiger partial charge >= 0.3 is 5.97 Å². The Hall–Kier alpha value is -4.24. The largest absolute Gasteiger partial charge is 0.493 e. The van der Waals surface area contributed by atoms with Crippen LogP contribution in [0.3, 0.4) is 0 Å². The van der Waals surface area contributed by atoms with E-state index in [0.29, 0.717) is 22.8 Å². The number of para-hydroxylation sites is 2. The molecule has 0 fully saturated rings. The fraction of sp³-hybridized carbons (Fsp3) is 0.120. The van der Waals surface area contributed by atoms with E-state index < -0.39 is 12.1 Å². The highest BCUT2D eigenvalue weighted by Crippen LogP contribution is 2.33. The van der Waals surface area contributed by atoms with Gasteiger partial charge < -0.3 is 18.9 Å². The molecule has 154 valence electrons. The van der Waals surface area contributed by atoms with Gasteiger partial charge in [-0.1, -0.05) is 48.5 Å². The summed E-state index contributed by atoms with van der Waals surface area (Å²) in [6, 6.07) is 23.8. The SMILES string of the molecule is COc1cc(C=C(C#N)c2ccccc2)ccc1OC(=O)C1COc2ccccc2O1. The number of nitrogens with zero attached hydrogens (tertiary/aromatic N) is 1. The Morgan fingerprint density at radius 3 is 2.52 bits per heavy atom. The molecule has 6 nitrogen and oxygen atoms in total. The molecule has 3 aromatic rings. The first-order valence-electron chi connectivity index (χ1n) is 9.63. The second kappa shape index (κ2) is 9.06. The van der Waals surface area contributed by atoms with Crippen LogP contribution < -0.4 is 18.9 Å². The molecule has 1 heterocycles. The van der Waals surface area contributed by atoms with Crippen molar-refractivity contribution < 1.29 is 23.7 Å². The molecule has 0 saturated carbocycles. The highest BCUT2D eigenvalue weighted by Gasteiger charge is 2.29. The summed E-state index contributed by atoms with van der Waals surface area (Å²) in [4.78, 5) is 12.6. The third-order valence-corrected chi connectivity index (χ3v) is 4.69. The minimum atomic E-state index is -0.887. The number of carbonyl (C=O) groups excluding carboxylic acids is 1. The predicted octanol–water partition coefficient (Wildman–Crippen LogP) is 4.50. The zero-order chi connectivity index (χ0) is 21.6. The second-order valence-corrected chi connectivity index (χ2v) is 6.73. The maximum atomic E-state index is 12.6. The Bertz CT molecular complexity index is 1160. The standard InChI is InChI=1S/C25H19NO5/c1-28-23-14-17(13-19(15-26)18-7-3-2-4-8-18)11-12-22(23)31-25(27)24-16-29-20-9-5-6-10-21(20)30-24/h2-14,24H,16H2,1H3. The van der Waals surface area contributed by atoms with Gasteiger partial charge in [-0.15, -0.1) is 0 Å². The van der Waals surface area contributed by atoms with Crippen LogP contribution in [0.1, 0.15) is 11.1 Å². The van der Waals surface area contributed by atoms with Gasteiger partial charge in [-0.2, -0.15) is 5.26 Å². The van der Waals surface area contributed by atoms with Crippen molar-refractivity contribution in [2.45, 2.75) is 6.10 Å². The first-order valence-corrected chi connectivity index (χ1v) is 9.63. The van der Waals surface area contributed by atoms with E-state index in [1.807, 2.05) is 36.4 Å². The van der Waals surface area contributed by atoms with Gasteiger partial charge in [-0.25, -0.2) is 4.79 Å². The van der Waals surface area contributed by atoms with Crippen LogP contribution in [-0.2, 0) is 4.79 Å². The van der Waals surface area contributed by atoms with Crippen LogP contribution in [0.15, 0.2) is 72.8 Å². The number of esters is 1. The molecule has 0 N–H and O–H groups in total. The number of ether oxygens (including phenoxy) is 4. The number of rotatable bonds is 5. The van der Waals surface area contributed by atoms with Crippen LogP contribution in [0, 0.1) is 11.3 Å². The van der Waals surface area contributed by atoms with Crippen LogP contribution in [0.25, 0.3) is 11.6 Å². The number of benzene rings is 3.